The van der Waals surface area contributed by atoms with Crippen LogP contribution in [-0.4, -0.2) is 13.1 Å². The number of thiophene rings is 1. The smallest absolute Gasteiger partial charge is 0.310 e. The molecule has 0 unspecified atom stereocenters. The molecule has 0 aromatic carbocycles. The van der Waals surface area contributed by atoms with E-state index in [9.17, 15) is 4.79 Å². The molecule has 4 heteroatoms. The lowest BCUT2D eigenvalue weighted by Gasteiger charge is -1.93. The Bertz CT molecular complexity index is 257. The summed E-state index contributed by atoms with van der Waals surface area (Å²) in [6, 6.07) is 1.92. The van der Waals surface area contributed by atoms with E-state index >= 15 is 0 Å². The lowest BCUT2D eigenvalue weighted by atomic mass is 10.3. The zero-order valence-corrected chi connectivity index (χ0v) is 8.37. The number of carbonyl (C=O) groups excluding carboxylic acids is 1. The zero-order valence-electron chi connectivity index (χ0n) is 5.96. The number of esters is 1. The molecule has 0 aliphatic carbocycles. The lowest BCUT2D eigenvalue weighted by molar-refractivity contribution is -0.139. The largest absolute Gasteiger partial charge is 0.469 e. The van der Waals surface area contributed by atoms with Crippen molar-refractivity contribution in [2.45, 2.75) is 6.42 Å². The molecule has 11 heavy (non-hydrogen) atoms. The summed E-state index contributed by atoms with van der Waals surface area (Å²) >= 11 is 4.85. The number of hydrogen-bond donors (Lipinski definition) is 0. The first kappa shape index (κ1) is 8.74. The van der Waals surface area contributed by atoms with Crippen LogP contribution in [-0.2, 0) is 16.0 Å². The molecule has 60 valence electrons. The lowest BCUT2D eigenvalue weighted by Crippen LogP contribution is -2.02. The van der Waals surface area contributed by atoms with Gasteiger partial charge in [0, 0.05) is 14.7 Å². The minimum Gasteiger partial charge on any atom is -0.469 e. The van der Waals surface area contributed by atoms with Gasteiger partial charge in [-0.1, -0.05) is 0 Å². The predicted octanol–water partition coefficient (Wildman–Crippen LogP) is 2.23. The SMILES string of the molecule is COC(=O)Cc1cc(Br)cs1. The van der Waals surface area contributed by atoms with Crippen LogP contribution in [0.15, 0.2) is 15.9 Å². The molecule has 0 saturated heterocycles. The van der Waals surface area contributed by atoms with Gasteiger partial charge in [0.2, 0.25) is 0 Å². The van der Waals surface area contributed by atoms with Gasteiger partial charge in [-0.05, 0) is 22.0 Å². The van der Waals surface area contributed by atoms with Crippen molar-refractivity contribution >= 4 is 33.2 Å². The highest BCUT2D eigenvalue weighted by molar-refractivity contribution is 9.10. The molecule has 0 N–H and O–H groups in total. The van der Waals surface area contributed by atoms with Crippen LogP contribution in [0.3, 0.4) is 0 Å². The maximum absolute atomic E-state index is 10.8. The molecule has 0 saturated carbocycles. The van der Waals surface area contributed by atoms with Crippen LogP contribution in [0.2, 0.25) is 0 Å². The summed E-state index contributed by atoms with van der Waals surface area (Å²) < 4.78 is 5.53. The van der Waals surface area contributed by atoms with E-state index in [1.807, 2.05) is 11.4 Å². The molecule has 0 fully saturated rings. The Morgan fingerprint density at radius 3 is 3.00 bits per heavy atom. The molecule has 1 aromatic heterocycles. The number of methoxy groups -OCH3 is 1. The van der Waals surface area contributed by atoms with Gasteiger partial charge in [0.15, 0.2) is 0 Å². The van der Waals surface area contributed by atoms with Gasteiger partial charge >= 0.3 is 5.97 Å². The Morgan fingerprint density at radius 1 is 1.82 bits per heavy atom. The van der Waals surface area contributed by atoms with E-state index in [4.69, 9.17) is 0 Å². The van der Waals surface area contributed by atoms with Gasteiger partial charge in [0.05, 0.1) is 13.5 Å². The third-order valence-electron chi connectivity index (χ3n) is 1.17. The van der Waals surface area contributed by atoms with Crippen molar-refractivity contribution in [3.05, 3.63) is 20.8 Å². The Labute approximate surface area is 77.3 Å². The molecule has 1 heterocycles. The number of ether oxygens (including phenoxy) is 1. The molecule has 0 bridgehead atoms. The van der Waals surface area contributed by atoms with Crippen molar-refractivity contribution < 1.29 is 9.53 Å². The van der Waals surface area contributed by atoms with Crippen LogP contribution in [0.5, 0.6) is 0 Å². The summed E-state index contributed by atoms with van der Waals surface area (Å²) in [7, 11) is 1.39. The molecule has 1 aromatic rings. The minimum absolute atomic E-state index is 0.195. The molecular weight excluding hydrogens is 228 g/mol. The van der Waals surface area contributed by atoms with Crippen LogP contribution in [0.4, 0.5) is 0 Å². The topological polar surface area (TPSA) is 26.3 Å². The summed E-state index contributed by atoms with van der Waals surface area (Å²) in [6.07, 6.45) is 0.368. The second-order valence-corrected chi connectivity index (χ2v) is 3.90. The fraction of sp³-hybridized carbons (Fsp3) is 0.286. The highest BCUT2D eigenvalue weighted by atomic mass is 79.9. The summed E-state index contributed by atoms with van der Waals surface area (Å²) in [5, 5.41) is 1.94. The number of halogens is 1. The van der Waals surface area contributed by atoms with E-state index in [-0.39, 0.29) is 5.97 Å². The quantitative estimate of drug-likeness (QED) is 0.734. The Hall–Kier alpha value is -0.350. The van der Waals surface area contributed by atoms with Crippen LogP contribution in [0.25, 0.3) is 0 Å². The molecule has 0 amide bonds. The second kappa shape index (κ2) is 3.88. The van der Waals surface area contributed by atoms with Crippen LogP contribution < -0.4 is 0 Å². The van der Waals surface area contributed by atoms with Crippen molar-refractivity contribution in [3.8, 4) is 0 Å². The van der Waals surface area contributed by atoms with Gasteiger partial charge in [-0.15, -0.1) is 11.3 Å². The van der Waals surface area contributed by atoms with Crippen molar-refractivity contribution in [1.29, 1.82) is 0 Å². The number of hydrogen-bond acceptors (Lipinski definition) is 3. The molecule has 0 atom stereocenters. The number of rotatable bonds is 2. The number of carbonyl (C=O) groups is 1. The normalized spacial score (nSPS) is 9.64. The van der Waals surface area contributed by atoms with E-state index in [1.54, 1.807) is 11.3 Å². The predicted molar refractivity (Wildman–Crippen MR) is 47.7 cm³/mol. The zero-order chi connectivity index (χ0) is 8.27. The average Bonchev–Trinajstić information content (AvgIpc) is 2.35. The third-order valence-corrected chi connectivity index (χ3v) is 2.87. The third kappa shape index (κ3) is 2.63. The fourth-order valence-corrected chi connectivity index (χ4v) is 2.10. The highest BCUT2D eigenvalue weighted by Crippen LogP contribution is 2.20. The van der Waals surface area contributed by atoms with E-state index < -0.39 is 0 Å². The summed E-state index contributed by atoms with van der Waals surface area (Å²) in [5.74, 6) is -0.195. The Kier molecular flexibility index (Phi) is 3.08. The second-order valence-electron chi connectivity index (χ2n) is 1.98. The maximum Gasteiger partial charge on any atom is 0.310 e. The Morgan fingerprint density at radius 2 is 2.55 bits per heavy atom. The standard InChI is InChI=1S/C7H7BrO2S/c1-10-7(9)3-6-2-5(8)4-11-6/h2,4H,3H2,1H3. The summed E-state index contributed by atoms with van der Waals surface area (Å²) in [5.41, 5.74) is 0. The van der Waals surface area contributed by atoms with Crippen molar-refractivity contribution in [1.82, 2.24) is 0 Å². The van der Waals surface area contributed by atoms with Gasteiger partial charge in [-0.2, -0.15) is 0 Å². The monoisotopic (exact) mass is 234 g/mol. The van der Waals surface area contributed by atoms with Crippen LogP contribution in [0.1, 0.15) is 4.88 Å². The Balaban J connectivity index is 2.57. The van der Waals surface area contributed by atoms with E-state index in [0.29, 0.717) is 6.42 Å². The van der Waals surface area contributed by atoms with E-state index in [0.717, 1.165) is 9.35 Å². The maximum atomic E-state index is 10.8. The van der Waals surface area contributed by atoms with Crippen LogP contribution in [0, 0.1) is 0 Å². The summed E-state index contributed by atoms with van der Waals surface area (Å²) in [4.78, 5) is 11.8. The summed E-state index contributed by atoms with van der Waals surface area (Å²) in [6.45, 7) is 0. The minimum atomic E-state index is -0.195. The molecule has 1 rings (SSSR count). The first-order chi connectivity index (χ1) is 5.22. The molecule has 0 spiro atoms. The van der Waals surface area contributed by atoms with Gasteiger partial charge in [-0.25, -0.2) is 0 Å². The van der Waals surface area contributed by atoms with Gasteiger partial charge in [-0.3, -0.25) is 4.79 Å². The molecule has 0 aliphatic rings. The van der Waals surface area contributed by atoms with Crippen molar-refractivity contribution in [2.75, 3.05) is 7.11 Å². The first-order valence-corrected chi connectivity index (χ1v) is 4.69. The fourth-order valence-electron chi connectivity index (χ4n) is 0.661. The van der Waals surface area contributed by atoms with Crippen molar-refractivity contribution in [2.24, 2.45) is 0 Å². The molecule has 0 aliphatic heterocycles. The van der Waals surface area contributed by atoms with Gasteiger partial charge in [0.25, 0.3) is 0 Å². The van der Waals surface area contributed by atoms with Gasteiger partial charge in [0.1, 0.15) is 0 Å². The molecule has 2 nitrogen and oxygen atoms in total. The first-order valence-electron chi connectivity index (χ1n) is 3.02. The van der Waals surface area contributed by atoms with Gasteiger partial charge < -0.3 is 4.74 Å². The highest BCUT2D eigenvalue weighted by Gasteiger charge is 2.04. The molecular formula is C7H7BrO2S. The molecule has 0 radical (unpaired) electrons. The van der Waals surface area contributed by atoms with E-state index in [1.165, 1.54) is 7.11 Å². The average molecular weight is 235 g/mol. The van der Waals surface area contributed by atoms with E-state index in [2.05, 4.69) is 20.7 Å². The van der Waals surface area contributed by atoms with Crippen LogP contribution >= 0.6 is 27.3 Å². The van der Waals surface area contributed by atoms with Crippen molar-refractivity contribution in [3.63, 3.8) is 0 Å².